The molecule has 0 spiro atoms. The molecule has 4 nitrogen and oxygen atoms in total. The van der Waals surface area contributed by atoms with Crippen LogP contribution in [0.1, 0.15) is 13.3 Å². The Labute approximate surface area is 90.5 Å². The van der Waals surface area contributed by atoms with Crippen molar-refractivity contribution in [2.45, 2.75) is 13.3 Å². The zero-order valence-corrected chi connectivity index (χ0v) is 9.27. The summed E-state index contributed by atoms with van der Waals surface area (Å²) in [4.78, 5) is 6.35. The van der Waals surface area contributed by atoms with Gasteiger partial charge in [-0.05, 0) is 24.3 Å². The lowest BCUT2D eigenvalue weighted by molar-refractivity contribution is 0.725. The van der Waals surface area contributed by atoms with Crippen molar-refractivity contribution in [1.82, 2.24) is 4.98 Å². The molecule has 1 heterocycles. The Kier molecular flexibility index (Phi) is 2.77. The third-order valence-electron chi connectivity index (χ3n) is 3.12. The maximum Gasteiger partial charge on any atom is 0.141 e. The molecular formula is C11H18N4. The molecule has 2 atom stereocenters. The summed E-state index contributed by atoms with van der Waals surface area (Å²) in [7, 11) is 2.11. The van der Waals surface area contributed by atoms with Crippen LogP contribution in [-0.2, 0) is 0 Å². The summed E-state index contributed by atoms with van der Waals surface area (Å²) in [5.41, 5.74) is 3.73. The van der Waals surface area contributed by atoms with Gasteiger partial charge in [-0.25, -0.2) is 10.8 Å². The van der Waals surface area contributed by atoms with Crippen LogP contribution in [0.5, 0.6) is 0 Å². The van der Waals surface area contributed by atoms with Gasteiger partial charge in [-0.2, -0.15) is 0 Å². The van der Waals surface area contributed by atoms with Gasteiger partial charge in [0.25, 0.3) is 0 Å². The Morgan fingerprint density at radius 3 is 3.00 bits per heavy atom. The molecule has 2 rings (SSSR count). The third-order valence-corrected chi connectivity index (χ3v) is 3.12. The summed E-state index contributed by atoms with van der Waals surface area (Å²) in [5.74, 6) is 7.78. The number of anilines is 2. The Morgan fingerprint density at radius 1 is 1.67 bits per heavy atom. The second kappa shape index (κ2) is 4.06. The van der Waals surface area contributed by atoms with Crippen molar-refractivity contribution < 1.29 is 0 Å². The van der Waals surface area contributed by atoms with Crippen LogP contribution < -0.4 is 16.2 Å². The van der Waals surface area contributed by atoms with Gasteiger partial charge in [0.1, 0.15) is 5.82 Å². The summed E-state index contributed by atoms with van der Waals surface area (Å²) in [6.45, 7) is 3.42. The molecule has 1 aliphatic carbocycles. The van der Waals surface area contributed by atoms with Crippen LogP contribution in [0.25, 0.3) is 0 Å². The minimum absolute atomic E-state index is 0.711. The molecular weight excluding hydrogens is 188 g/mol. The van der Waals surface area contributed by atoms with Crippen molar-refractivity contribution in [2.75, 3.05) is 23.9 Å². The van der Waals surface area contributed by atoms with Gasteiger partial charge >= 0.3 is 0 Å². The van der Waals surface area contributed by atoms with Crippen LogP contribution in [0.4, 0.5) is 11.5 Å². The molecule has 0 saturated heterocycles. The van der Waals surface area contributed by atoms with Crippen molar-refractivity contribution in [3.8, 4) is 0 Å². The van der Waals surface area contributed by atoms with E-state index < -0.39 is 0 Å². The molecule has 1 aromatic heterocycles. The standard InChI is InChI=1S/C11H18N4/c1-8-5-9(8)7-15(2)10-3-4-13-11(6-10)14-12/h3-4,6,8-9H,5,7,12H2,1-2H3,(H,13,14). The van der Waals surface area contributed by atoms with Crippen molar-refractivity contribution in [3.63, 3.8) is 0 Å². The minimum Gasteiger partial charge on any atom is -0.374 e. The summed E-state index contributed by atoms with van der Waals surface area (Å²) < 4.78 is 0. The van der Waals surface area contributed by atoms with E-state index in [1.807, 2.05) is 12.1 Å². The number of nitrogens with one attached hydrogen (secondary N) is 1. The van der Waals surface area contributed by atoms with E-state index in [1.54, 1.807) is 6.20 Å². The smallest absolute Gasteiger partial charge is 0.141 e. The number of aromatic nitrogens is 1. The second-order valence-electron chi connectivity index (χ2n) is 4.40. The van der Waals surface area contributed by atoms with Gasteiger partial charge in [-0.1, -0.05) is 6.92 Å². The van der Waals surface area contributed by atoms with E-state index in [1.165, 1.54) is 6.42 Å². The van der Waals surface area contributed by atoms with Crippen LogP contribution in [0.2, 0.25) is 0 Å². The van der Waals surface area contributed by atoms with Gasteiger partial charge in [0, 0.05) is 31.5 Å². The topological polar surface area (TPSA) is 54.2 Å². The quantitative estimate of drug-likeness (QED) is 0.578. The fourth-order valence-electron chi connectivity index (χ4n) is 1.85. The predicted molar refractivity (Wildman–Crippen MR) is 62.6 cm³/mol. The maximum atomic E-state index is 5.32. The highest BCUT2D eigenvalue weighted by molar-refractivity contribution is 5.52. The van der Waals surface area contributed by atoms with Gasteiger partial charge in [0.15, 0.2) is 0 Å². The van der Waals surface area contributed by atoms with Gasteiger partial charge in [0.05, 0.1) is 0 Å². The van der Waals surface area contributed by atoms with E-state index in [9.17, 15) is 0 Å². The van der Waals surface area contributed by atoms with E-state index >= 15 is 0 Å². The molecule has 4 heteroatoms. The second-order valence-corrected chi connectivity index (χ2v) is 4.40. The largest absolute Gasteiger partial charge is 0.374 e. The zero-order valence-electron chi connectivity index (χ0n) is 9.27. The first-order valence-electron chi connectivity index (χ1n) is 5.34. The Morgan fingerprint density at radius 2 is 2.40 bits per heavy atom. The average molecular weight is 206 g/mol. The van der Waals surface area contributed by atoms with E-state index in [-0.39, 0.29) is 0 Å². The summed E-state index contributed by atoms with van der Waals surface area (Å²) in [6, 6.07) is 3.97. The van der Waals surface area contributed by atoms with Gasteiger partial charge in [-0.3, -0.25) is 0 Å². The Balaban J connectivity index is 2.00. The van der Waals surface area contributed by atoms with E-state index in [4.69, 9.17) is 5.84 Å². The van der Waals surface area contributed by atoms with Crippen LogP contribution >= 0.6 is 0 Å². The normalized spacial score (nSPS) is 23.7. The summed E-state index contributed by atoms with van der Waals surface area (Å²) in [6.07, 6.45) is 3.13. The average Bonchev–Trinajstić information content (AvgIpc) is 2.94. The molecule has 0 amide bonds. The SMILES string of the molecule is CC1CC1CN(C)c1ccnc(NN)c1. The van der Waals surface area contributed by atoms with Crippen molar-refractivity contribution >= 4 is 11.5 Å². The van der Waals surface area contributed by atoms with Gasteiger partial charge in [-0.15, -0.1) is 0 Å². The van der Waals surface area contributed by atoms with E-state index in [0.29, 0.717) is 5.82 Å². The highest BCUT2D eigenvalue weighted by Gasteiger charge is 2.33. The number of pyridine rings is 1. The predicted octanol–water partition coefficient (Wildman–Crippen LogP) is 1.46. The molecule has 82 valence electrons. The number of nitrogen functional groups attached to an aromatic ring is 1. The number of nitrogens with two attached hydrogens (primary N) is 1. The summed E-state index contributed by atoms with van der Waals surface area (Å²) in [5, 5.41) is 0. The molecule has 1 aliphatic rings. The Hall–Kier alpha value is -1.29. The number of hydrogen-bond acceptors (Lipinski definition) is 4. The molecule has 0 radical (unpaired) electrons. The molecule has 0 aromatic carbocycles. The van der Waals surface area contributed by atoms with E-state index in [2.05, 4.69) is 29.3 Å². The zero-order chi connectivity index (χ0) is 10.8. The van der Waals surface area contributed by atoms with Crippen LogP contribution in [0.3, 0.4) is 0 Å². The summed E-state index contributed by atoms with van der Waals surface area (Å²) >= 11 is 0. The monoisotopic (exact) mass is 206 g/mol. The van der Waals surface area contributed by atoms with Crippen molar-refractivity contribution in [1.29, 1.82) is 0 Å². The molecule has 0 aliphatic heterocycles. The van der Waals surface area contributed by atoms with E-state index in [0.717, 1.165) is 24.1 Å². The van der Waals surface area contributed by atoms with Crippen LogP contribution in [-0.4, -0.2) is 18.6 Å². The Bertz CT molecular complexity index is 339. The number of nitrogens with zero attached hydrogens (tertiary/aromatic N) is 2. The number of hydrogen-bond donors (Lipinski definition) is 2. The molecule has 2 unspecified atom stereocenters. The number of rotatable bonds is 4. The lowest BCUT2D eigenvalue weighted by atomic mass is 10.3. The first-order valence-corrected chi connectivity index (χ1v) is 5.34. The molecule has 3 N–H and O–H groups in total. The van der Waals surface area contributed by atoms with Crippen molar-refractivity contribution in [3.05, 3.63) is 18.3 Å². The first kappa shape index (κ1) is 10.2. The molecule has 1 saturated carbocycles. The molecule has 1 fully saturated rings. The fourth-order valence-corrected chi connectivity index (χ4v) is 1.85. The maximum absolute atomic E-state index is 5.32. The number of hydrazine groups is 1. The third kappa shape index (κ3) is 2.39. The molecule has 1 aromatic rings. The minimum atomic E-state index is 0.711. The van der Waals surface area contributed by atoms with Gasteiger partial charge < -0.3 is 10.3 Å². The molecule has 15 heavy (non-hydrogen) atoms. The lowest BCUT2D eigenvalue weighted by Gasteiger charge is -2.19. The first-order chi connectivity index (χ1) is 7.20. The fraction of sp³-hybridized carbons (Fsp3) is 0.545. The lowest BCUT2D eigenvalue weighted by Crippen LogP contribution is -2.21. The van der Waals surface area contributed by atoms with Gasteiger partial charge in [0.2, 0.25) is 0 Å². The van der Waals surface area contributed by atoms with Crippen LogP contribution in [0.15, 0.2) is 18.3 Å². The van der Waals surface area contributed by atoms with Crippen LogP contribution in [0, 0.1) is 11.8 Å². The molecule has 0 bridgehead atoms. The highest BCUT2D eigenvalue weighted by atomic mass is 15.2. The highest BCUT2D eigenvalue weighted by Crippen LogP contribution is 2.38. The van der Waals surface area contributed by atoms with Crippen molar-refractivity contribution in [2.24, 2.45) is 17.7 Å².